The molecule has 34 heavy (non-hydrogen) atoms. The largest absolute Gasteiger partial charge is 0.353 e. The lowest BCUT2D eigenvalue weighted by atomic mass is 10.0. The summed E-state index contributed by atoms with van der Waals surface area (Å²) in [6, 6.07) is 13.0. The molecule has 5 rings (SSSR count). The fraction of sp³-hybridized carbons (Fsp3) is 0.292. The number of fused-ring (bicyclic) bond motifs is 3. The van der Waals surface area contributed by atoms with Crippen molar-refractivity contribution >= 4 is 43.3 Å². The van der Waals surface area contributed by atoms with Crippen LogP contribution in [0.1, 0.15) is 25.3 Å². The van der Waals surface area contributed by atoms with Crippen LogP contribution in [-0.2, 0) is 10.0 Å². The molecular formula is C24H25N5O4S. The minimum atomic E-state index is -3.95. The highest BCUT2D eigenvalue weighted by Gasteiger charge is 2.25. The Hall–Kier alpha value is -3.50. The van der Waals surface area contributed by atoms with Gasteiger partial charge in [0.1, 0.15) is 5.82 Å². The van der Waals surface area contributed by atoms with Gasteiger partial charge in [-0.15, -0.1) is 0 Å². The van der Waals surface area contributed by atoms with Crippen LogP contribution in [0.3, 0.4) is 0 Å². The van der Waals surface area contributed by atoms with Crippen molar-refractivity contribution in [3.05, 3.63) is 70.4 Å². The highest BCUT2D eigenvalue weighted by Crippen LogP contribution is 2.36. The normalized spacial score (nSPS) is 14.9. The molecule has 2 aromatic carbocycles. The molecule has 1 saturated heterocycles. The van der Waals surface area contributed by atoms with Crippen LogP contribution in [0.5, 0.6) is 0 Å². The van der Waals surface area contributed by atoms with Crippen molar-refractivity contribution in [2.75, 3.05) is 31.1 Å². The molecule has 0 radical (unpaired) electrons. The van der Waals surface area contributed by atoms with Gasteiger partial charge in [-0.3, -0.25) is 10.1 Å². The molecule has 9 nitrogen and oxygen atoms in total. The summed E-state index contributed by atoms with van der Waals surface area (Å²) in [4.78, 5) is 18.1. The Labute approximate surface area is 197 Å². The molecule has 1 N–H and O–H groups in total. The Morgan fingerprint density at radius 3 is 2.38 bits per heavy atom. The van der Waals surface area contributed by atoms with Crippen LogP contribution in [-0.4, -0.2) is 48.5 Å². The van der Waals surface area contributed by atoms with Crippen molar-refractivity contribution in [2.24, 2.45) is 0 Å². The van der Waals surface area contributed by atoms with Gasteiger partial charge >= 0.3 is 0 Å². The zero-order chi connectivity index (χ0) is 24.0. The number of benzene rings is 2. The molecule has 10 heteroatoms. The number of aromatic nitrogens is 2. The molecule has 3 heterocycles. The lowest BCUT2D eigenvalue weighted by Crippen LogP contribution is -2.44. The Morgan fingerprint density at radius 1 is 1.03 bits per heavy atom. The smallest absolute Gasteiger partial charge is 0.270 e. The molecule has 0 bridgehead atoms. The van der Waals surface area contributed by atoms with Crippen LogP contribution in [0.25, 0.3) is 21.8 Å². The van der Waals surface area contributed by atoms with Crippen LogP contribution in [0.15, 0.2) is 59.6 Å². The molecule has 0 aliphatic carbocycles. The van der Waals surface area contributed by atoms with Crippen LogP contribution < -0.4 is 10.2 Å². The highest BCUT2D eigenvalue weighted by molar-refractivity contribution is 7.90. The summed E-state index contributed by atoms with van der Waals surface area (Å²) in [6.45, 7) is 7.15. The number of piperazine rings is 1. The Bertz CT molecular complexity index is 1500. The monoisotopic (exact) mass is 479 g/mol. The van der Waals surface area contributed by atoms with E-state index in [9.17, 15) is 18.5 Å². The van der Waals surface area contributed by atoms with Crippen LogP contribution in [0, 0.1) is 10.1 Å². The van der Waals surface area contributed by atoms with Gasteiger partial charge in [-0.05, 0) is 35.7 Å². The minimum Gasteiger partial charge on any atom is -0.353 e. The molecule has 0 saturated carbocycles. The van der Waals surface area contributed by atoms with E-state index >= 15 is 0 Å². The number of nitrogens with zero attached hydrogens (tertiary/aromatic N) is 4. The second kappa shape index (κ2) is 8.37. The van der Waals surface area contributed by atoms with Gasteiger partial charge in [-0.1, -0.05) is 26.0 Å². The van der Waals surface area contributed by atoms with Crippen molar-refractivity contribution in [1.29, 1.82) is 0 Å². The van der Waals surface area contributed by atoms with Crippen molar-refractivity contribution in [1.82, 2.24) is 14.3 Å². The fourth-order valence-corrected chi connectivity index (χ4v) is 5.78. The maximum absolute atomic E-state index is 13.7. The van der Waals surface area contributed by atoms with E-state index in [1.54, 1.807) is 24.3 Å². The first-order valence-electron chi connectivity index (χ1n) is 11.2. The fourth-order valence-electron chi connectivity index (χ4n) is 4.41. The molecule has 176 valence electrons. The van der Waals surface area contributed by atoms with Crippen molar-refractivity contribution in [3.8, 4) is 0 Å². The van der Waals surface area contributed by atoms with Gasteiger partial charge < -0.3 is 10.2 Å². The SMILES string of the molecule is CC(C)c1ccc(S(=O)(=O)n2ccc3c(N4CCNCC4)nc4ccc([N+](=O)[O-])cc4c32)cc1. The number of non-ortho nitro benzene ring substituents is 1. The Kier molecular flexibility index (Phi) is 5.49. The maximum Gasteiger partial charge on any atom is 0.270 e. The number of nitrogens with one attached hydrogen (secondary N) is 1. The lowest BCUT2D eigenvalue weighted by Gasteiger charge is -2.29. The van der Waals surface area contributed by atoms with Gasteiger partial charge in [0.2, 0.25) is 0 Å². The van der Waals surface area contributed by atoms with Crippen LogP contribution in [0.4, 0.5) is 11.5 Å². The van der Waals surface area contributed by atoms with Gasteiger partial charge in [-0.2, -0.15) is 0 Å². The van der Waals surface area contributed by atoms with Gasteiger partial charge in [-0.25, -0.2) is 17.4 Å². The topological polar surface area (TPSA) is 110 Å². The summed E-state index contributed by atoms with van der Waals surface area (Å²) in [5.74, 6) is 0.961. The van der Waals surface area contributed by atoms with E-state index in [1.807, 2.05) is 26.0 Å². The first-order chi connectivity index (χ1) is 16.3. The minimum absolute atomic E-state index is 0.114. The third-order valence-corrected chi connectivity index (χ3v) is 7.98. The molecule has 4 aromatic rings. The summed E-state index contributed by atoms with van der Waals surface area (Å²) in [5, 5.41) is 15.9. The quantitative estimate of drug-likeness (QED) is 0.342. The highest BCUT2D eigenvalue weighted by atomic mass is 32.2. The predicted octanol–water partition coefficient (Wildman–Crippen LogP) is 3.87. The van der Waals surface area contributed by atoms with Gasteiger partial charge in [0.15, 0.2) is 0 Å². The standard InChI is InChI=1S/C24H25N5O4S/c1-16(2)17-3-6-19(7-4-17)34(32,33)28-12-9-20-23(28)21-15-18(29(30)31)5-8-22(21)26-24(20)27-13-10-25-11-14-27/h3-9,12,15-16,25H,10-11,13-14H2,1-2H3. The number of hydrogen-bond donors (Lipinski definition) is 1. The molecule has 1 aliphatic rings. The lowest BCUT2D eigenvalue weighted by molar-refractivity contribution is -0.384. The molecule has 0 spiro atoms. The van der Waals surface area contributed by atoms with E-state index in [2.05, 4.69) is 10.2 Å². The summed E-state index contributed by atoms with van der Waals surface area (Å²) in [7, 11) is -3.95. The second-order valence-electron chi connectivity index (χ2n) is 8.73. The first-order valence-corrected chi connectivity index (χ1v) is 12.6. The molecule has 0 atom stereocenters. The molecule has 1 aliphatic heterocycles. The Morgan fingerprint density at radius 2 is 1.74 bits per heavy atom. The number of nitro groups is 1. The number of hydrogen-bond acceptors (Lipinski definition) is 7. The molecule has 1 fully saturated rings. The van der Waals surface area contributed by atoms with E-state index in [1.165, 1.54) is 22.3 Å². The molecule has 2 aromatic heterocycles. The van der Waals surface area contributed by atoms with Crippen molar-refractivity contribution < 1.29 is 13.3 Å². The summed E-state index contributed by atoms with van der Waals surface area (Å²) in [6.07, 6.45) is 1.52. The zero-order valence-corrected chi connectivity index (χ0v) is 19.7. The second-order valence-corrected chi connectivity index (χ2v) is 10.5. The van der Waals surface area contributed by atoms with Gasteiger partial charge in [0.25, 0.3) is 15.7 Å². The summed E-state index contributed by atoms with van der Waals surface area (Å²) in [5.41, 5.74) is 1.84. The number of rotatable bonds is 5. The molecule has 0 unspecified atom stereocenters. The maximum atomic E-state index is 13.7. The van der Waals surface area contributed by atoms with Gasteiger partial charge in [0.05, 0.1) is 20.9 Å². The van der Waals surface area contributed by atoms with E-state index in [-0.39, 0.29) is 16.5 Å². The predicted molar refractivity (Wildman–Crippen MR) is 132 cm³/mol. The van der Waals surface area contributed by atoms with E-state index in [0.29, 0.717) is 27.6 Å². The van der Waals surface area contributed by atoms with Crippen LogP contribution in [0.2, 0.25) is 0 Å². The van der Waals surface area contributed by atoms with E-state index < -0.39 is 14.9 Å². The average Bonchev–Trinajstić information content (AvgIpc) is 3.30. The van der Waals surface area contributed by atoms with Gasteiger partial charge in [0, 0.05) is 55.3 Å². The first kappa shape index (κ1) is 22.3. The number of anilines is 1. The number of pyridine rings is 1. The van der Waals surface area contributed by atoms with E-state index in [0.717, 1.165) is 31.7 Å². The van der Waals surface area contributed by atoms with Crippen LogP contribution >= 0.6 is 0 Å². The number of nitro benzene ring substituents is 1. The average molecular weight is 480 g/mol. The van der Waals surface area contributed by atoms with Crippen molar-refractivity contribution in [2.45, 2.75) is 24.7 Å². The zero-order valence-electron chi connectivity index (χ0n) is 18.9. The molecular weight excluding hydrogens is 454 g/mol. The summed E-state index contributed by atoms with van der Waals surface area (Å²) < 4.78 is 28.7. The Balaban J connectivity index is 1.78. The third kappa shape index (κ3) is 3.68. The third-order valence-electron chi connectivity index (χ3n) is 6.29. The molecule has 0 amide bonds. The summed E-state index contributed by atoms with van der Waals surface area (Å²) >= 11 is 0. The van der Waals surface area contributed by atoms with E-state index in [4.69, 9.17) is 4.98 Å². The van der Waals surface area contributed by atoms with Crippen molar-refractivity contribution in [3.63, 3.8) is 0 Å².